The summed E-state index contributed by atoms with van der Waals surface area (Å²) in [6.07, 6.45) is 6.61. The van der Waals surface area contributed by atoms with Crippen LogP contribution in [0.25, 0.3) is 0 Å². The minimum Gasteiger partial charge on any atom is -0.494 e. The van der Waals surface area contributed by atoms with Gasteiger partial charge in [-0.2, -0.15) is 0 Å². The SMILES string of the molecule is C=C(/C=C(/F)C(=C)OCC)OCC1CCC(c2ccc(C3CCC(O)CC3)c(F)c2F)CC1. The van der Waals surface area contributed by atoms with Crippen molar-refractivity contribution < 1.29 is 27.8 Å². The van der Waals surface area contributed by atoms with E-state index in [9.17, 15) is 18.3 Å². The number of halogens is 3. The summed E-state index contributed by atoms with van der Waals surface area (Å²) in [5, 5.41) is 9.67. The summed E-state index contributed by atoms with van der Waals surface area (Å²) < 4.78 is 54.3. The van der Waals surface area contributed by atoms with Gasteiger partial charge in [0.2, 0.25) is 0 Å². The maximum Gasteiger partial charge on any atom is 0.168 e. The Bertz CT molecular complexity index is 864. The molecule has 1 N–H and O–H groups in total. The Labute approximate surface area is 195 Å². The number of hydrogen-bond donors (Lipinski definition) is 1. The molecular formula is C27H35F3O3. The summed E-state index contributed by atoms with van der Waals surface area (Å²) in [7, 11) is 0. The first-order chi connectivity index (χ1) is 15.8. The number of rotatable bonds is 9. The van der Waals surface area contributed by atoms with Crippen LogP contribution in [0.4, 0.5) is 13.2 Å². The monoisotopic (exact) mass is 464 g/mol. The largest absolute Gasteiger partial charge is 0.494 e. The Hall–Kier alpha value is -2.21. The van der Waals surface area contributed by atoms with Crippen molar-refractivity contribution in [1.29, 1.82) is 0 Å². The van der Waals surface area contributed by atoms with E-state index in [4.69, 9.17) is 9.47 Å². The van der Waals surface area contributed by atoms with Crippen molar-refractivity contribution >= 4 is 0 Å². The molecule has 3 nitrogen and oxygen atoms in total. The molecule has 33 heavy (non-hydrogen) atoms. The van der Waals surface area contributed by atoms with Crippen molar-refractivity contribution in [3.05, 3.63) is 71.5 Å². The van der Waals surface area contributed by atoms with Crippen LogP contribution >= 0.6 is 0 Å². The van der Waals surface area contributed by atoms with Gasteiger partial charge in [-0.1, -0.05) is 25.3 Å². The van der Waals surface area contributed by atoms with Crippen LogP contribution in [0.2, 0.25) is 0 Å². The molecule has 0 amide bonds. The molecule has 0 bridgehead atoms. The third-order valence-electron chi connectivity index (χ3n) is 6.94. The molecule has 2 aliphatic carbocycles. The van der Waals surface area contributed by atoms with Crippen molar-refractivity contribution in [2.45, 2.75) is 76.2 Å². The van der Waals surface area contributed by atoms with Gasteiger partial charge in [0.25, 0.3) is 0 Å². The van der Waals surface area contributed by atoms with E-state index < -0.39 is 17.5 Å². The fourth-order valence-corrected chi connectivity index (χ4v) is 4.97. The molecule has 0 aromatic heterocycles. The molecule has 2 saturated carbocycles. The standard InChI is InChI=1S/C27H35F3O3/c1-4-32-18(3)25(28)15-17(2)33-16-19-5-7-20(8-6-19)23-13-14-24(27(30)26(23)29)21-9-11-22(31)12-10-21/h13-15,19-22,31H,2-12,16H2,1H3/b25-15+. The van der Waals surface area contributed by atoms with Crippen LogP contribution in [0.1, 0.15) is 81.3 Å². The highest BCUT2D eigenvalue weighted by atomic mass is 19.2. The fourth-order valence-electron chi connectivity index (χ4n) is 4.97. The maximum atomic E-state index is 15.0. The normalized spacial score (nSPS) is 26.0. The Morgan fingerprint density at radius 3 is 1.97 bits per heavy atom. The van der Waals surface area contributed by atoms with Crippen molar-refractivity contribution in [2.75, 3.05) is 13.2 Å². The van der Waals surface area contributed by atoms with E-state index in [0.29, 0.717) is 50.0 Å². The average Bonchev–Trinajstić information content (AvgIpc) is 2.81. The zero-order valence-corrected chi connectivity index (χ0v) is 19.4. The van der Waals surface area contributed by atoms with Gasteiger partial charge in [-0.25, -0.2) is 13.2 Å². The molecule has 0 aliphatic heterocycles. The van der Waals surface area contributed by atoms with Gasteiger partial charge in [-0.3, -0.25) is 0 Å². The van der Waals surface area contributed by atoms with Gasteiger partial charge in [0.1, 0.15) is 11.5 Å². The first-order valence-corrected chi connectivity index (χ1v) is 12.0. The van der Waals surface area contributed by atoms with Crippen LogP contribution in [-0.2, 0) is 9.47 Å². The van der Waals surface area contributed by atoms with Crippen LogP contribution in [0.5, 0.6) is 0 Å². The first kappa shape index (κ1) is 25.4. The second-order valence-corrected chi connectivity index (χ2v) is 9.22. The number of hydrogen-bond acceptors (Lipinski definition) is 3. The number of allylic oxidation sites excluding steroid dienone is 2. The molecule has 1 aromatic carbocycles. The molecule has 0 radical (unpaired) electrons. The van der Waals surface area contributed by atoms with Crippen molar-refractivity contribution in [3.63, 3.8) is 0 Å². The number of aliphatic hydroxyl groups excluding tert-OH is 1. The lowest BCUT2D eigenvalue weighted by Crippen LogP contribution is -2.20. The Balaban J connectivity index is 1.51. The topological polar surface area (TPSA) is 38.7 Å². The third kappa shape index (κ3) is 6.66. The van der Waals surface area contributed by atoms with E-state index in [0.717, 1.165) is 31.8 Å². The summed E-state index contributed by atoms with van der Waals surface area (Å²) in [6.45, 7) is 9.70. The van der Waals surface area contributed by atoms with E-state index in [1.807, 2.05) is 0 Å². The molecule has 1 aromatic rings. The highest BCUT2D eigenvalue weighted by molar-refractivity contribution is 5.32. The average molecular weight is 465 g/mol. The van der Waals surface area contributed by atoms with Gasteiger partial charge < -0.3 is 14.6 Å². The summed E-state index contributed by atoms with van der Waals surface area (Å²) >= 11 is 0. The lowest BCUT2D eigenvalue weighted by atomic mass is 9.77. The second-order valence-electron chi connectivity index (χ2n) is 9.22. The van der Waals surface area contributed by atoms with Crippen molar-refractivity contribution in [2.24, 2.45) is 5.92 Å². The maximum absolute atomic E-state index is 15.0. The summed E-state index contributed by atoms with van der Waals surface area (Å²) in [5.41, 5.74) is 0.895. The summed E-state index contributed by atoms with van der Waals surface area (Å²) in [5.74, 6) is -1.70. The van der Waals surface area contributed by atoms with Crippen molar-refractivity contribution in [3.8, 4) is 0 Å². The van der Waals surface area contributed by atoms with Gasteiger partial charge in [0.05, 0.1) is 19.3 Å². The highest BCUT2D eigenvalue weighted by Crippen LogP contribution is 2.40. The zero-order valence-electron chi connectivity index (χ0n) is 19.4. The molecule has 0 saturated heterocycles. The molecular weight excluding hydrogens is 429 g/mol. The molecule has 0 atom stereocenters. The highest BCUT2D eigenvalue weighted by Gasteiger charge is 2.29. The third-order valence-corrected chi connectivity index (χ3v) is 6.94. The van der Waals surface area contributed by atoms with Gasteiger partial charge in [0, 0.05) is 6.08 Å². The Kier molecular flexibility index (Phi) is 9.07. The van der Waals surface area contributed by atoms with E-state index in [1.165, 1.54) is 0 Å². The van der Waals surface area contributed by atoms with Gasteiger partial charge >= 0.3 is 0 Å². The Morgan fingerprint density at radius 1 is 0.939 bits per heavy atom. The smallest absolute Gasteiger partial charge is 0.168 e. The molecule has 0 unspecified atom stereocenters. The van der Waals surface area contributed by atoms with Crippen LogP contribution in [-0.4, -0.2) is 24.4 Å². The number of ether oxygens (including phenoxy) is 2. The van der Waals surface area contributed by atoms with Gasteiger partial charge in [0.15, 0.2) is 17.5 Å². The zero-order chi connectivity index (χ0) is 24.0. The van der Waals surface area contributed by atoms with E-state index in [-0.39, 0.29) is 35.4 Å². The molecule has 3 rings (SSSR count). The quantitative estimate of drug-likeness (QED) is 0.310. The number of benzene rings is 1. The van der Waals surface area contributed by atoms with E-state index in [1.54, 1.807) is 19.1 Å². The molecule has 0 spiro atoms. The fraction of sp³-hybridized carbons (Fsp3) is 0.556. The van der Waals surface area contributed by atoms with E-state index in [2.05, 4.69) is 13.2 Å². The summed E-state index contributed by atoms with van der Waals surface area (Å²) in [4.78, 5) is 0. The molecule has 2 aliphatic rings. The van der Waals surface area contributed by atoms with Crippen LogP contribution in [0.15, 0.2) is 48.7 Å². The molecule has 182 valence electrons. The molecule has 6 heteroatoms. The second kappa shape index (κ2) is 11.8. The van der Waals surface area contributed by atoms with Crippen LogP contribution in [0, 0.1) is 17.6 Å². The van der Waals surface area contributed by atoms with Gasteiger partial charge in [-0.05, 0) is 87.2 Å². The molecule has 2 fully saturated rings. The first-order valence-electron chi connectivity index (χ1n) is 12.0. The lowest BCUT2D eigenvalue weighted by molar-refractivity contribution is 0.122. The summed E-state index contributed by atoms with van der Waals surface area (Å²) in [6, 6.07) is 3.49. The predicted octanol–water partition coefficient (Wildman–Crippen LogP) is 7.19. The van der Waals surface area contributed by atoms with Gasteiger partial charge in [-0.15, -0.1) is 0 Å². The minimum absolute atomic E-state index is 0.0203. The van der Waals surface area contributed by atoms with Crippen LogP contribution < -0.4 is 0 Å². The molecule has 0 heterocycles. The van der Waals surface area contributed by atoms with Crippen LogP contribution in [0.3, 0.4) is 0 Å². The lowest BCUT2D eigenvalue weighted by Gasteiger charge is -2.30. The number of aliphatic hydroxyl groups is 1. The Morgan fingerprint density at radius 2 is 1.45 bits per heavy atom. The minimum atomic E-state index is -0.724. The van der Waals surface area contributed by atoms with Crippen molar-refractivity contribution in [1.82, 2.24) is 0 Å². The van der Waals surface area contributed by atoms with E-state index >= 15 is 0 Å². The predicted molar refractivity (Wildman–Crippen MR) is 123 cm³/mol.